The molecule has 1 aromatic carbocycles. The van der Waals surface area contributed by atoms with Crippen LogP contribution in [0.4, 0.5) is 10.1 Å². The van der Waals surface area contributed by atoms with Crippen molar-refractivity contribution in [2.24, 2.45) is 0 Å². The number of hydrogen-bond acceptors (Lipinski definition) is 3. The summed E-state index contributed by atoms with van der Waals surface area (Å²) in [6.45, 7) is 4.25. The fraction of sp³-hybridized carbons (Fsp3) is 0.353. The number of ether oxygens (including phenoxy) is 1. The number of hydrogen-bond donors (Lipinski definition) is 3. The highest BCUT2D eigenvalue weighted by Crippen LogP contribution is 2.17. The van der Waals surface area contributed by atoms with Crippen molar-refractivity contribution in [2.75, 3.05) is 38.2 Å². The average Bonchev–Trinajstić information content (AvgIpc) is 3.12. The molecule has 0 radical (unpaired) electrons. The Balaban J connectivity index is 1.61. The van der Waals surface area contributed by atoms with Gasteiger partial charge in [0.25, 0.3) is 0 Å². The summed E-state index contributed by atoms with van der Waals surface area (Å²) in [5.74, 6) is -0.310. The third kappa shape index (κ3) is 4.51. The van der Waals surface area contributed by atoms with Gasteiger partial charge in [-0.1, -0.05) is 18.2 Å². The first kappa shape index (κ1) is 17.3. The number of nitrogens with one attached hydrogen (secondary N) is 3. The maximum atomic E-state index is 13.7. The molecule has 3 N–H and O–H groups in total. The summed E-state index contributed by atoms with van der Waals surface area (Å²) in [6.07, 6.45) is 0. The van der Waals surface area contributed by atoms with E-state index >= 15 is 0 Å². The van der Waals surface area contributed by atoms with Crippen LogP contribution in [0.25, 0.3) is 0 Å². The van der Waals surface area contributed by atoms with E-state index in [-0.39, 0.29) is 5.82 Å². The first-order valence-electron chi connectivity index (χ1n) is 7.99. The Morgan fingerprint density at radius 3 is 2.75 bits per heavy atom. The molecular formula is C17H21FN3OS2+. The number of thiophene rings is 1. The van der Waals surface area contributed by atoms with Gasteiger partial charge in [0.1, 0.15) is 24.9 Å². The van der Waals surface area contributed by atoms with Gasteiger partial charge in [-0.2, -0.15) is 0 Å². The molecule has 1 aliphatic heterocycles. The Morgan fingerprint density at radius 2 is 2.04 bits per heavy atom. The molecule has 1 atom stereocenters. The molecule has 1 aliphatic rings. The van der Waals surface area contributed by atoms with Gasteiger partial charge >= 0.3 is 0 Å². The SMILES string of the molecule is Fc1ccccc1NC(=S)NC[C@@H](c1cccs1)[NH+]1CCOCC1. The smallest absolute Gasteiger partial charge is 0.171 e. The number of thiocarbonyl (C=S) groups is 1. The molecule has 0 aliphatic carbocycles. The predicted molar refractivity (Wildman–Crippen MR) is 99.2 cm³/mol. The van der Waals surface area contributed by atoms with Gasteiger partial charge in [-0.25, -0.2) is 4.39 Å². The molecule has 24 heavy (non-hydrogen) atoms. The minimum atomic E-state index is -0.310. The van der Waals surface area contributed by atoms with Gasteiger partial charge < -0.3 is 20.3 Å². The highest BCUT2D eigenvalue weighted by atomic mass is 32.1. The molecule has 0 unspecified atom stereocenters. The number of halogens is 1. The van der Waals surface area contributed by atoms with E-state index < -0.39 is 0 Å². The van der Waals surface area contributed by atoms with Gasteiger partial charge in [-0.15, -0.1) is 11.3 Å². The third-order valence-electron chi connectivity index (χ3n) is 4.10. The topological polar surface area (TPSA) is 37.7 Å². The number of para-hydroxylation sites is 1. The van der Waals surface area contributed by atoms with Crippen molar-refractivity contribution in [1.82, 2.24) is 5.32 Å². The van der Waals surface area contributed by atoms with E-state index in [1.807, 2.05) is 0 Å². The van der Waals surface area contributed by atoms with Crippen molar-refractivity contribution >= 4 is 34.4 Å². The zero-order valence-corrected chi connectivity index (χ0v) is 14.9. The highest BCUT2D eigenvalue weighted by Gasteiger charge is 2.27. The predicted octanol–water partition coefficient (Wildman–Crippen LogP) is 1.83. The summed E-state index contributed by atoms with van der Waals surface area (Å²) >= 11 is 7.08. The van der Waals surface area contributed by atoms with Crippen LogP contribution in [0.5, 0.6) is 0 Å². The molecule has 0 spiro atoms. The minimum absolute atomic E-state index is 0.310. The Labute approximate surface area is 150 Å². The summed E-state index contributed by atoms with van der Waals surface area (Å²) in [4.78, 5) is 2.82. The van der Waals surface area contributed by atoms with Crippen LogP contribution in [0, 0.1) is 5.82 Å². The Hall–Kier alpha value is -1.54. The molecule has 1 aromatic heterocycles. The van der Waals surface area contributed by atoms with Gasteiger partial charge in [-0.05, 0) is 35.8 Å². The highest BCUT2D eigenvalue weighted by molar-refractivity contribution is 7.80. The zero-order chi connectivity index (χ0) is 16.8. The molecule has 1 fully saturated rings. The quantitative estimate of drug-likeness (QED) is 0.706. The maximum Gasteiger partial charge on any atom is 0.171 e. The molecule has 3 rings (SSSR count). The molecule has 1 saturated heterocycles. The van der Waals surface area contributed by atoms with Crippen LogP contribution in [-0.2, 0) is 4.74 Å². The van der Waals surface area contributed by atoms with Gasteiger partial charge in [-0.3, -0.25) is 0 Å². The van der Waals surface area contributed by atoms with Crippen molar-refractivity contribution in [1.29, 1.82) is 0 Å². The normalized spacial score (nSPS) is 16.5. The lowest BCUT2D eigenvalue weighted by molar-refractivity contribution is -0.937. The monoisotopic (exact) mass is 366 g/mol. The van der Waals surface area contributed by atoms with Crippen molar-refractivity contribution in [2.45, 2.75) is 6.04 Å². The Morgan fingerprint density at radius 1 is 1.25 bits per heavy atom. The fourth-order valence-electron chi connectivity index (χ4n) is 2.84. The minimum Gasteiger partial charge on any atom is -0.370 e. The van der Waals surface area contributed by atoms with E-state index in [1.165, 1.54) is 15.8 Å². The van der Waals surface area contributed by atoms with Crippen molar-refractivity contribution in [3.05, 3.63) is 52.5 Å². The van der Waals surface area contributed by atoms with E-state index in [0.29, 0.717) is 23.4 Å². The lowest BCUT2D eigenvalue weighted by Crippen LogP contribution is -3.15. The van der Waals surface area contributed by atoms with Crippen molar-refractivity contribution in [3.63, 3.8) is 0 Å². The second kappa shape index (κ2) is 8.53. The van der Waals surface area contributed by atoms with Crippen LogP contribution in [0.15, 0.2) is 41.8 Å². The van der Waals surface area contributed by atoms with Gasteiger partial charge in [0.2, 0.25) is 0 Å². The first-order valence-corrected chi connectivity index (χ1v) is 9.28. The maximum absolute atomic E-state index is 13.7. The summed E-state index contributed by atoms with van der Waals surface area (Å²) in [5, 5.41) is 8.71. The lowest BCUT2D eigenvalue weighted by Gasteiger charge is -2.31. The van der Waals surface area contributed by atoms with Crippen LogP contribution in [0.3, 0.4) is 0 Å². The number of anilines is 1. The average molecular weight is 367 g/mol. The second-order valence-electron chi connectivity index (χ2n) is 5.65. The van der Waals surface area contributed by atoms with Crippen LogP contribution in [0.1, 0.15) is 10.9 Å². The van der Waals surface area contributed by atoms with E-state index in [1.54, 1.807) is 29.5 Å². The summed E-state index contributed by atoms with van der Waals surface area (Å²) in [6, 6.07) is 11.1. The zero-order valence-electron chi connectivity index (χ0n) is 13.3. The van der Waals surface area contributed by atoms with Gasteiger partial charge in [0, 0.05) is 0 Å². The van der Waals surface area contributed by atoms with E-state index in [0.717, 1.165) is 26.3 Å². The van der Waals surface area contributed by atoms with Crippen LogP contribution in [-0.4, -0.2) is 38.0 Å². The molecule has 4 nitrogen and oxygen atoms in total. The molecule has 0 bridgehead atoms. The van der Waals surface area contributed by atoms with Gasteiger partial charge in [0.15, 0.2) is 5.11 Å². The van der Waals surface area contributed by atoms with Crippen molar-refractivity contribution < 1.29 is 14.0 Å². The molecule has 7 heteroatoms. The number of morpholine rings is 1. The lowest BCUT2D eigenvalue weighted by atomic mass is 10.2. The Bertz CT molecular complexity index is 660. The van der Waals surface area contributed by atoms with Gasteiger partial charge in [0.05, 0.1) is 30.3 Å². The van der Waals surface area contributed by atoms with Crippen LogP contribution >= 0.6 is 23.6 Å². The number of rotatable bonds is 5. The number of benzene rings is 1. The number of quaternary nitrogens is 1. The van der Waals surface area contributed by atoms with E-state index in [2.05, 4.69) is 28.1 Å². The molecular weight excluding hydrogens is 345 g/mol. The fourth-order valence-corrected chi connectivity index (χ4v) is 3.92. The van der Waals surface area contributed by atoms with E-state index in [9.17, 15) is 4.39 Å². The largest absolute Gasteiger partial charge is 0.370 e. The molecule has 2 heterocycles. The molecule has 128 valence electrons. The van der Waals surface area contributed by atoms with Crippen LogP contribution in [0.2, 0.25) is 0 Å². The Kier molecular flexibility index (Phi) is 6.14. The standard InChI is InChI=1S/C17H20FN3OS2/c18-13-4-1-2-5-14(13)20-17(23)19-12-15(16-6-3-11-24-16)21-7-9-22-10-8-21/h1-6,11,15H,7-10,12H2,(H2,19,20,23)/p+1/t15-/m0/s1. The molecule has 0 amide bonds. The second-order valence-corrected chi connectivity index (χ2v) is 7.04. The molecule has 2 aromatic rings. The summed E-state index contributed by atoms with van der Waals surface area (Å²) in [7, 11) is 0. The summed E-state index contributed by atoms with van der Waals surface area (Å²) < 4.78 is 19.2. The van der Waals surface area contributed by atoms with E-state index in [4.69, 9.17) is 17.0 Å². The molecule has 0 saturated carbocycles. The third-order valence-corrected chi connectivity index (χ3v) is 5.34. The first-order chi connectivity index (χ1) is 11.7. The summed E-state index contributed by atoms with van der Waals surface area (Å²) in [5.41, 5.74) is 0.390. The van der Waals surface area contributed by atoms with Crippen LogP contribution < -0.4 is 15.5 Å². The van der Waals surface area contributed by atoms with Crippen molar-refractivity contribution in [3.8, 4) is 0 Å².